The van der Waals surface area contributed by atoms with Gasteiger partial charge in [-0.2, -0.15) is 5.26 Å². The third-order valence-corrected chi connectivity index (χ3v) is 5.47. The van der Waals surface area contributed by atoms with Gasteiger partial charge in [0.15, 0.2) is 0 Å². The number of aryl methyl sites for hydroxylation is 1. The highest BCUT2D eigenvalue weighted by atomic mass is 16.5. The predicted octanol–water partition coefficient (Wildman–Crippen LogP) is 4.45. The summed E-state index contributed by atoms with van der Waals surface area (Å²) in [5, 5.41) is 9.17. The summed E-state index contributed by atoms with van der Waals surface area (Å²) in [6, 6.07) is 21.1. The first kappa shape index (κ1) is 18.8. The van der Waals surface area contributed by atoms with E-state index in [-0.39, 0.29) is 11.9 Å². The maximum absolute atomic E-state index is 13.1. The van der Waals surface area contributed by atoms with E-state index in [4.69, 9.17) is 4.74 Å². The van der Waals surface area contributed by atoms with E-state index >= 15 is 0 Å². The fourth-order valence-electron chi connectivity index (χ4n) is 3.91. The van der Waals surface area contributed by atoms with Crippen LogP contribution in [0.25, 0.3) is 0 Å². The van der Waals surface area contributed by atoms with Gasteiger partial charge in [-0.3, -0.25) is 4.79 Å². The number of carbonyl (C=O) groups is 1. The highest BCUT2D eigenvalue weighted by Crippen LogP contribution is 2.33. The monoisotopic (exact) mass is 385 g/mol. The second kappa shape index (κ2) is 8.24. The molecule has 4 rings (SSSR count). The number of aromatic nitrogens is 1. The van der Waals surface area contributed by atoms with Crippen LogP contribution in [0, 0.1) is 11.3 Å². The average molecular weight is 385 g/mol. The van der Waals surface area contributed by atoms with E-state index in [1.54, 1.807) is 6.07 Å². The second-order valence-corrected chi connectivity index (χ2v) is 7.28. The van der Waals surface area contributed by atoms with Crippen molar-refractivity contribution in [1.29, 1.82) is 5.26 Å². The number of amides is 1. The van der Waals surface area contributed by atoms with Crippen LogP contribution in [-0.2, 0) is 13.7 Å². The number of likely N-dealkylation sites (tertiary alicyclic amines) is 1. The van der Waals surface area contributed by atoms with Crippen LogP contribution in [0.2, 0.25) is 0 Å². The summed E-state index contributed by atoms with van der Waals surface area (Å²) in [4.78, 5) is 15.0. The molecule has 146 valence electrons. The first-order chi connectivity index (χ1) is 14.2. The van der Waals surface area contributed by atoms with Crippen molar-refractivity contribution >= 4 is 5.91 Å². The van der Waals surface area contributed by atoms with E-state index < -0.39 is 0 Å². The molecule has 29 heavy (non-hydrogen) atoms. The lowest BCUT2D eigenvalue weighted by Crippen LogP contribution is -2.31. The molecule has 1 fully saturated rings. The molecule has 3 aromatic rings. The lowest BCUT2D eigenvalue weighted by molar-refractivity contribution is 0.0731. The van der Waals surface area contributed by atoms with Crippen molar-refractivity contribution in [2.24, 2.45) is 7.05 Å². The lowest BCUT2D eigenvalue weighted by atomic mass is 10.1. The Morgan fingerprint density at radius 1 is 1.14 bits per heavy atom. The van der Waals surface area contributed by atoms with E-state index in [9.17, 15) is 10.1 Å². The van der Waals surface area contributed by atoms with Crippen molar-refractivity contribution in [3.05, 3.63) is 89.2 Å². The van der Waals surface area contributed by atoms with Crippen LogP contribution >= 0.6 is 0 Å². The molecule has 0 radical (unpaired) electrons. The molecule has 1 amide bonds. The minimum Gasteiger partial charge on any atom is -0.489 e. The third kappa shape index (κ3) is 3.88. The van der Waals surface area contributed by atoms with Crippen molar-refractivity contribution in [1.82, 2.24) is 9.47 Å². The number of nitriles is 1. The number of hydrogen-bond acceptors (Lipinski definition) is 3. The zero-order chi connectivity index (χ0) is 20.2. The molecule has 1 saturated heterocycles. The zero-order valence-corrected chi connectivity index (χ0v) is 16.4. The van der Waals surface area contributed by atoms with Gasteiger partial charge < -0.3 is 14.2 Å². The summed E-state index contributed by atoms with van der Waals surface area (Å²) in [6.07, 6.45) is 4.02. The molecule has 1 unspecified atom stereocenters. The number of rotatable bonds is 5. The Kier molecular flexibility index (Phi) is 5.35. The quantitative estimate of drug-likeness (QED) is 0.652. The summed E-state index contributed by atoms with van der Waals surface area (Å²) in [6.45, 7) is 1.09. The maximum Gasteiger partial charge on any atom is 0.254 e. The number of nitrogens with zero attached hydrogens (tertiary/aromatic N) is 3. The largest absolute Gasteiger partial charge is 0.489 e. The van der Waals surface area contributed by atoms with Crippen LogP contribution in [0.5, 0.6) is 5.75 Å². The molecule has 5 heteroatoms. The number of benzene rings is 2. The molecule has 1 aromatic heterocycles. The van der Waals surface area contributed by atoms with Crippen LogP contribution < -0.4 is 4.74 Å². The molecule has 5 nitrogen and oxygen atoms in total. The fraction of sp³-hybridized carbons (Fsp3) is 0.250. The highest BCUT2D eigenvalue weighted by Gasteiger charge is 2.31. The Bertz CT molecular complexity index is 1050. The molecule has 0 aliphatic carbocycles. The minimum absolute atomic E-state index is 0.0510. The molecule has 0 N–H and O–H groups in total. The van der Waals surface area contributed by atoms with Gasteiger partial charge in [0.25, 0.3) is 5.91 Å². The molecule has 1 atom stereocenters. The average Bonchev–Trinajstić information content (AvgIpc) is 3.40. The topological polar surface area (TPSA) is 58.3 Å². The van der Waals surface area contributed by atoms with Gasteiger partial charge in [0, 0.05) is 36.6 Å². The smallest absolute Gasteiger partial charge is 0.254 e. The van der Waals surface area contributed by atoms with Crippen LogP contribution in [0.1, 0.15) is 46.1 Å². The van der Waals surface area contributed by atoms with E-state index in [0.29, 0.717) is 23.5 Å². The van der Waals surface area contributed by atoms with Gasteiger partial charge in [-0.25, -0.2) is 0 Å². The summed E-state index contributed by atoms with van der Waals surface area (Å²) >= 11 is 0. The van der Waals surface area contributed by atoms with Gasteiger partial charge in [0.05, 0.1) is 17.7 Å². The van der Waals surface area contributed by atoms with E-state index in [1.165, 1.54) is 5.69 Å². The van der Waals surface area contributed by atoms with Gasteiger partial charge in [-0.15, -0.1) is 0 Å². The summed E-state index contributed by atoms with van der Waals surface area (Å²) in [7, 11) is 2.02. The third-order valence-electron chi connectivity index (χ3n) is 5.47. The van der Waals surface area contributed by atoms with Crippen molar-refractivity contribution in [2.45, 2.75) is 25.5 Å². The molecule has 2 heterocycles. The van der Waals surface area contributed by atoms with E-state index in [1.807, 2.05) is 66.7 Å². The molecular formula is C24H23N3O2. The lowest BCUT2D eigenvalue weighted by Gasteiger charge is -2.25. The van der Waals surface area contributed by atoms with Crippen molar-refractivity contribution in [3.8, 4) is 11.8 Å². The van der Waals surface area contributed by atoms with Crippen molar-refractivity contribution < 1.29 is 9.53 Å². The second-order valence-electron chi connectivity index (χ2n) is 7.28. The van der Waals surface area contributed by atoms with E-state index in [2.05, 4.69) is 16.7 Å². The van der Waals surface area contributed by atoms with Gasteiger partial charge in [-0.1, -0.05) is 18.2 Å². The van der Waals surface area contributed by atoms with Crippen LogP contribution in [0.15, 0.2) is 66.9 Å². The summed E-state index contributed by atoms with van der Waals surface area (Å²) in [5.74, 6) is 0.727. The van der Waals surface area contributed by atoms with Crippen molar-refractivity contribution in [2.75, 3.05) is 6.54 Å². The van der Waals surface area contributed by atoms with Gasteiger partial charge >= 0.3 is 0 Å². The molecule has 0 bridgehead atoms. The van der Waals surface area contributed by atoms with Gasteiger partial charge in [0.1, 0.15) is 12.4 Å². The van der Waals surface area contributed by atoms with Gasteiger partial charge in [0.2, 0.25) is 0 Å². The predicted molar refractivity (Wildman–Crippen MR) is 110 cm³/mol. The highest BCUT2D eigenvalue weighted by molar-refractivity contribution is 5.94. The number of hydrogen-bond donors (Lipinski definition) is 0. The van der Waals surface area contributed by atoms with Crippen LogP contribution in [0.4, 0.5) is 0 Å². The standard InChI is InChI=1S/C24H23N3O2/c1-26-14-4-8-22(26)23-9-5-15-27(23)24(28)18-10-12-21(13-11-18)29-17-20-7-3-2-6-19(20)16-25/h2-4,6-8,10-14,23H,5,9,15,17H2,1H3. The Hall–Kier alpha value is -3.52. The number of ether oxygens (including phenoxy) is 1. The molecular weight excluding hydrogens is 362 g/mol. The minimum atomic E-state index is 0.0510. The summed E-state index contributed by atoms with van der Waals surface area (Å²) < 4.78 is 7.90. The Labute approximate surface area is 170 Å². The van der Waals surface area contributed by atoms with Crippen molar-refractivity contribution in [3.63, 3.8) is 0 Å². The molecule has 1 aliphatic rings. The summed E-state index contributed by atoms with van der Waals surface area (Å²) in [5.41, 5.74) is 3.29. The first-order valence-corrected chi connectivity index (χ1v) is 9.80. The number of carbonyl (C=O) groups excluding carboxylic acids is 1. The van der Waals surface area contributed by atoms with Gasteiger partial charge in [-0.05, 0) is 55.3 Å². The Morgan fingerprint density at radius 3 is 2.66 bits per heavy atom. The molecule has 0 saturated carbocycles. The molecule has 2 aromatic carbocycles. The Balaban J connectivity index is 1.44. The molecule has 1 aliphatic heterocycles. The van der Waals surface area contributed by atoms with Crippen LogP contribution in [0.3, 0.4) is 0 Å². The van der Waals surface area contributed by atoms with Crippen LogP contribution in [-0.4, -0.2) is 21.9 Å². The Morgan fingerprint density at radius 2 is 1.93 bits per heavy atom. The SMILES string of the molecule is Cn1cccc1C1CCCN1C(=O)c1ccc(OCc2ccccc2C#N)cc1. The molecule has 0 spiro atoms. The van der Waals surface area contributed by atoms with E-state index in [0.717, 1.165) is 24.9 Å². The first-order valence-electron chi connectivity index (χ1n) is 9.80. The maximum atomic E-state index is 13.1. The zero-order valence-electron chi connectivity index (χ0n) is 16.4. The fourth-order valence-corrected chi connectivity index (χ4v) is 3.91. The normalized spacial score (nSPS) is 15.9.